The Morgan fingerprint density at radius 2 is 1.74 bits per heavy atom. The molecule has 1 aromatic carbocycles. The Bertz CT molecular complexity index is 1270. The minimum absolute atomic E-state index is 0.0306. The maximum Gasteiger partial charge on any atom is 0.501 e. The third-order valence-corrected chi connectivity index (χ3v) is 6.35. The highest BCUT2D eigenvalue weighted by molar-refractivity contribution is 7.92. The van der Waals surface area contributed by atoms with Crippen LogP contribution in [0.15, 0.2) is 52.3 Å². The number of alkyl halides is 3. The van der Waals surface area contributed by atoms with Crippen molar-refractivity contribution in [3.8, 4) is 11.6 Å². The van der Waals surface area contributed by atoms with E-state index in [1.807, 2.05) is 19.9 Å². The predicted octanol–water partition coefficient (Wildman–Crippen LogP) is 3.51. The summed E-state index contributed by atoms with van der Waals surface area (Å²) in [6, 6.07) is 7.15. The van der Waals surface area contributed by atoms with Crippen molar-refractivity contribution in [1.29, 1.82) is 0 Å². The number of hydrogen-bond acceptors (Lipinski definition) is 5. The second kappa shape index (κ2) is 7.88. The number of nitrogens with zero attached hydrogens (tertiary/aromatic N) is 3. The lowest BCUT2D eigenvalue weighted by Gasteiger charge is -2.09. The molecule has 2 heterocycles. The van der Waals surface area contributed by atoms with Crippen LogP contribution in [-0.2, 0) is 16.4 Å². The zero-order valence-corrected chi connectivity index (χ0v) is 17.7. The summed E-state index contributed by atoms with van der Waals surface area (Å²) < 4.78 is 63.4. The Balaban J connectivity index is 2.01. The molecule has 0 saturated heterocycles. The van der Waals surface area contributed by atoms with Gasteiger partial charge in [0, 0.05) is 11.9 Å². The van der Waals surface area contributed by atoms with Crippen LogP contribution in [0.4, 0.5) is 13.2 Å². The van der Waals surface area contributed by atoms with Crippen molar-refractivity contribution >= 4 is 9.84 Å². The van der Waals surface area contributed by atoms with Crippen LogP contribution < -0.4 is 5.69 Å². The average molecular weight is 455 g/mol. The van der Waals surface area contributed by atoms with Crippen molar-refractivity contribution < 1.29 is 26.7 Å². The number of sulfone groups is 1. The van der Waals surface area contributed by atoms with E-state index in [4.69, 9.17) is 0 Å². The van der Waals surface area contributed by atoms with Crippen molar-refractivity contribution in [3.05, 3.63) is 70.0 Å². The van der Waals surface area contributed by atoms with Crippen LogP contribution in [-0.4, -0.2) is 33.2 Å². The van der Waals surface area contributed by atoms with Crippen LogP contribution in [0.2, 0.25) is 0 Å². The van der Waals surface area contributed by atoms with E-state index in [2.05, 4.69) is 4.98 Å². The summed E-state index contributed by atoms with van der Waals surface area (Å²) in [4.78, 5) is 16.2. The molecule has 0 aliphatic rings. The van der Waals surface area contributed by atoms with Gasteiger partial charge in [0.25, 0.3) is 9.84 Å². The molecule has 0 aliphatic carbocycles. The number of rotatable bonds is 5. The van der Waals surface area contributed by atoms with Gasteiger partial charge in [-0.1, -0.05) is 13.8 Å². The van der Waals surface area contributed by atoms with Crippen LogP contribution in [0.1, 0.15) is 36.7 Å². The fraction of sp³-hybridized carbons (Fsp3) is 0.300. The van der Waals surface area contributed by atoms with E-state index in [1.165, 1.54) is 11.5 Å². The second-order valence-corrected chi connectivity index (χ2v) is 9.24. The number of aromatic nitrogens is 3. The molecule has 31 heavy (non-hydrogen) atoms. The third-order valence-electron chi connectivity index (χ3n) is 4.85. The largest absolute Gasteiger partial charge is 0.501 e. The Hall–Kier alpha value is -3.08. The Morgan fingerprint density at radius 1 is 1.13 bits per heavy atom. The van der Waals surface area contributed by atoms with Gasteiger partial charge in [0.15, 0.2) is 0 Å². The maximum atomic E-state index is 12.9. The van der Waals surface area contributed by atoms with E-state index in [1.54, 1.807) is 12.3 Å². The molecule has 0 bridgehead atoms. The summed E-state index contributed by atoms with van der Waals surface area (Å²) in [5.74, 6) is -0.211. The van der Waals surface area contributed by atoms with Gasteiger partial charge in [-0.2, -0.15) is 13.2 Å². The molecule has 0 saturated carbocycles. The standard InChI is InChI=1S/C20H20F3N3O4S/c1-12(2)17-10-14(8-9-24-17)11-25-13(3)18(27)26(19(25)28)15-4-6-16(7-5-15)31(29,30)20(21,22)23/h4-10,12,27H,11H2,1-3H3. The van der Waals surface area contributed by atoms with Crippen LogP contribution in [0.3, 0.4) is 0 Å². The highest BCUT2D eigenvalue weighted by Gasteiger charge is 2.46. The summed E-state index contributed by atoms with van der Waals surface area (Å²) in [6.07, 6.45) is 1.63. The van der Waals surface area contributed by atoms with Gasteiger partial charge in [-0.05, 0) is 54.8 Å². The molecule has 166 valence electrons. The molecule has 0 aliphatic heterocycles. The minimum atomic E-state index is -5.51. The molecule has 11 heteroatoms. The van der Waals surface area contributed by atoms with Crippen LogP contribution in [0.5, 0.6) is 5.88 Å². The molecule has 1 N–H and O–H groups in total. The van der Waals surface area contributed by atoms with Crippen LogP contribution >= 0.6 is 0 Å². The normalized spacial score (nSPS) is 12.5. The number of aromatic hydroxyl groups is 1. The van der Waals surface area contributed by atoms with Gasteiger partial charge in [0.05, 0.1) is 22.8 Å². The SMILES string of the molecule is Cc1c(O)n(-c2ccc(S(=O)(=O)C(F)(F)F)cc2)c(=O)n1Cc1ccnc(C(C)C)c1. The minimum Gasteiger partial charge on any atom is -0.493 e. The van der Waals surface area contributed by atoms with Gasteiger partial charge in [-0.15, -0.1) is 0 Å². The molecule has 0 atom stereocenters. The smallest absolute Gasteiger partial charge is 0.493 e. The maximum absolute atomic E-state index is 12.9. The van der Waals surface area contributed by atoms with Gasteiger partial charge in [0.2, 0.25) is 5.88 Å². The van der Waals surface area contributed by atoms with E-state index in [0.29, 0.717) is 0 Å². The van der Waals surface area contributed by atoms with E-state index < -0.39 is 31.8 Å². The summed E-state index contributed by atoms with van der Waals surface area (Å²) in [6.45, 7) is 5.64. The molecule has 3 rings (SSSR count). The van der Waals surface area contributed by atoms with Crippen LogP contribution in [0.25, 0.3) is 5.69 Å². The predicted molar refractivity (Wildman–Crippen MR) is 107 cm³/mol. The Kier molecular flexibility index (Phi) is 5.74. The number of imidazole rings is 1. The van der Waals surface area contributed by atoms with E-state index in [-0.39, 0.29) is 23.8 Å². The molecular formula is C20H20F3N3O4S. The van der Waals surface area contributed by atoms with Gasteiger partial charge >= 0.3 is 11.2 Å². The molecule has 7 nitrogen and oxygen atoms in total. The average Bonchev–Trinajstić information content (AvgIpc) is 2.91. The zero-order valence-electron chi connectivity index (χ0n) is 16.9. The van der Waals surface area contributed by atoms with Crippen molar-refractivity contribution in [2.75, 3.05) is 0 Å². The van der Waals surface area contributed by atoms with Gasteiger partial charge in [0.1, 0.15) is 0 Å². The van der Waals surface area contributed by atoms with Crippen molar-refractivity contribution in [2.45, 2.75) is 43.6 Å². The van der Waals surface area contributed by atoms with Crippen molar-refractivity contribution in [1.82, 2.24) is 14.1 Å². The van der Waals surface area contributed by atoms with E-state index in [0.717, 1.165) is 40.1 Å². The monoisotopic (exact) mass is 455 g/mol. The first-order valence-corrected chi connectivity index (χ1v) is 10.7. The fourth-order valence-corrected chi connectivity index (χ4v) is 3.82. The first-order valence-electron chi connectivity index (χ1n) is 9.22. The molecule has 0 fully saturated rings. The quantitative estimate of drug-likeness (QED) is 0.636. The molecule has 3 aromatic rings. The highest BCUT2D eigenvalue weighted by atomic mass is 32.2. The number of hydrogen-bond donors (Lipinski definition) is 1. The van der Waals surface area contributed by atoms with Gasteiger partial charge in [-0.25, -0.2) is 17.8 Å². The summed E-state index contributed by atoms with van der Waals surface area (Å²) >= 11 is 0. The summed E-state index contributed by atoms with van der Waals surface area (Å²) in [5, 5.41) is 10.5. The molecule has 0 amide bonds. The van der Waals surface area contributed by atoms with Crippen LogP contribution in [0, 0.1) is 6.92 Å². The third kappa shape index (κ3) is 4.09. The van der Waals surface area contributed by atoms with Gasteiger partial charge < -0.3 is 5.11 Å². The lowest BCUT2D eigenvalue weighted by Crippen LogP contribution is -2.25. The van der Waals surface area contributed by atoms with E-state index in [9.17, 15) is 31.5 Å². The molecular weight excluding hydrogens is 435 g/mol. The van der Waals surface area contributed by atoms with Crippen molar-refractivity contribution in [2.24, 2.45) is 0 Å². The molecule has 0 radical (unpaired) electrons. The summed E-state index contributed by atoms with van der Waals surface area (Å²) in [5.41, 5.74) is -4.15. The highest BCUT2D eigenvalue weighted by Crippen LogP contribution is 2.31. The van der Waals surface area contributed by atoms with Gasteiger partial charge in [-0.3, -0.25) is 9.55 Å². The zero-order chi connectivity index (χ0) is 23.1. The lowest BCUT2D eigenvalue weighted by molar-refractivity contribution is -0.0436. The molecule has 0 unspecified atom stereocenters. The van der Waals surface area contributed by atoms with E-state index >= 15 is 0 Å². The first kappa shape index (κ1) is 22.6. The number of pyridine rings is 1. The summed E-state index contributed by atoms with van der Waals surface area (Å²) in [7, 11) is -5.51. The first-order chi connectivity index (χ1) is 14.3. The Morgan fingerprint density at radius 3 is 2.29 bits per heavy atom. The molecule has 2 aromatic heterocycles. The molecule has 0 spiro atoms. The topological polar surface area (TPSA) is 94.2 Å². The fourth-order valence-electron chi connectivity index (χ4n) is 3.06. The second-order valence-electron chi connectivity index (χ2n) is 7.30. The Labute approximate surface area is 176 Å². The number of halogens is 3. The lowest BCUT2D eigenvalue weighted by atomic mass is 10.1. The number of benzene rings is 1. The van der Waals surface area contributed by atoms with Crippen molar-refractivity contribution in [3.63, 3.8) is 0 Å².